The summed E-state index contributed by atoms with van der Waals surface area (Å²) in [5.74, 6) is 2.08. The van der Waals surface area contributed by atoms with Crippen molar-refractivity contribution in [3.63, 3.8) is 0 Å². The molecule has 1 aliphatic carbocycles. The number of nitrogens with two attached hydrogens (primary N) is 1. The first-order valence-corrected chi connectivity index (χ1v) is 8.91. The molecule has 1 saturated carbocycles. The Morgan fingerprint density at radius 1 is 1.04 bits per heavy atom. The minimum absolute atomic E-state index is 0.299. The molecule has 0 radical (unpaired) electrons. The van der Waals surface area contributed by atoms with E-state index in [-0.39, 0.29) is 0 Å². The van der Waals surface area contributed by atoms with Gasteiger partial charge in [0.1, 0.15) is 12.1 Å². The molecule has 8 heteroatoms. The second kappa shape index (κ2) is 7.38. The van der Waals surface area contributed by atoms with Crippen LogP contribution in [0.1, 0.15) is 32.1 Å². The molecule has 0 aliphatic heterocycles. The first-order chi connectivity index (χ1) is 12.8. The van der Waals surface area contributed by atoms with E-state index in [1.54, 1.807) is 6.07 Å². The average Bonchev–Trinajstić information content (AvgIpc) is 3.04. The van der Waals surface area contributed by atoms with E-state index < -0.39 is 0 Å². The van der Waals surface area contributed by atoms with Gasteiger partial charge in [-0.25, -0.2) is 9.97 Å². The number of nitrogens with zero attached hydrogens (tertiary/aromatic N) is 5. The van der Waals surface area contributed by atoms with Gasteiger partial charge in [0.2, 0.25) is 11.9 Å². The standard InChI is InChI=1S/C18H22N8/c19-17-24-18(23-14-9-5-2-6-10-14)25-26(17)16-11-15(20-12-21-16)22-13-7-3-1-4-8-13/h1,3-4,7-8,11-12,14H,2,5-6,9-10H2,(H,20,21,22)(H3,19,23,24,25). The quantitative estimate of drug-likeness (QED) is 0.649. The minimum atomic E-state index is 0.299. The van der Waals surface area contributed by atoms with E-state index in [0.29, 0.717) is 29.6 Å². The van der Waals surface area contributed by atoms with Gasteiger partial charge in [-0.2, -0.15) is 9.67 Å². The summed E-state index contributed by atoms with van der Waals surface area (Å²) in [6, 6.07) is 12.0. The Morgan fingerprint density at radius 3 is 2.65 bits per heavy atom. The highest BCUT2D eigenvalue weighted by Crippen LogP contribution is 2.22. The number of nitrogen functional groups attached to an aromatic ring is 1. The van der Waals surface area contributed by atoms with E-state index in [1.165, 1.54) is 30.3 Å². The molecule has 8 nitrogen and oxygen atoms in total. The van der Waals surface area contributed by atoms with Crippen LogP contribution in [0.3, 0.4) is 0 Å². The fourth-order valence-electron chi connectivity index (χ4n) is 3.18. The smallest absolute Gasteiger partial charge is 0.244 e. The zero-order chi connectivity index (χ0) is 17.8. The first kappa shape index (κ1) is 16.3. The lowest BCUT2D eigenvalue weighted by Crippen LogP contribution is -2.23. The zero-order valence-electron chi connectivity index (χ0n) is 14.5. The van der Waals surface area contributed by atoms with Gasteiger partial charge in [-0.05, 0) is 25.0 Å². The van der Waals surface area contributed by atoms with E-state index in [0.717, 1.165) is 18.5 Å². The van der Waals surface area contributed by atoms with Crippen molar-refractivity contribution >= 4 is 23.4 Å². The van der Waals surface area contributed by atoms with Gasteiger partial charge >= 0.3 is 0 Å². The van der Waals surface area contributed by atoms with Gasteiger partial charge in [0.05, 0.1) is 0 Å². The van der Waals surface area contributed by atoms with Crippen LogP contribution in [0.2, 0.25) is 0 Å². The summed E-state index contributed by atoms with van der Waals surface area (Å²) in [5, 5.41) is 11.1. The molecule has 0 atom stereocenters. The van der Waals surface area contributed by atoms with E-state index in [1.807, 2.05) is 30.3 Å². The summed E-state index contributed by atoms with van der Waals surface area (Å²) in [6.45, 7) is 0. The molecular formula is C18H22N8. The number of benzene rings is 1. The maximum atomic E-state index is 6.05. The highest BCUT2D eigenvalue weighted by Gasteiger charge is 2.17. The lowest BCUT2D eigenvalue weighted by molar-refractivity contribution is 0.461. The number of anilines is 4. The molecule has 0 amide bonds. The molecule has 0 saturated heterocycles. The van der Waals surface area contributed by atoms with E-state index in [9.17, 15) is 0 Å². The Morgan fingerprint density at radius 2 is 1.85 bits per heavy atom. The van der Waals surface area contributed by atoms with Crippen LogP contribution in [0.25, 0.3) is 5.82 Å². The molecular weight excluding hydrogens is 328 g/mol. The van der Waals surface area contributed by atoms with Crippen LogP contribution in [-0.2, 0) is 0 Å². The van der Waals surface area contributed by atoms with Crippen LogP contribution in [-0.4, -0.2) is 30.8 Å². The Hall–Kier alpha value is -3.16. The van der Waals surface area contributed by atoms with Gasteiger partial charge in [-0.15, -0.1) is 5.10 Å². The molecule has 0 unspecified atom stereocenters. The van der Waals surface area contributed by atoms with Crippen molar-refractivity contribution in [1.29, 1.82) is 0 Å². The predicted octanol–water partition coefficient (Wildman–Crippen LogP) is 3.13. The molecule has 0 bridgehead atoms. The van der Waals surface area contributed by atoms with Crippen molar-refractivity contribution in [2.45, 2.75) is 38.1 Å². The van der Waals surface area contributed by atoms with Gasteiger partial charge in [-0.3, -0.25) is 0 Å². The van der Waals surface area contributed by atoms with Crippen LogP contribution in [0, 0.1) is 0 Å². The summed E-state index contributed by atoms with van der Waals surface area (Å²) in [5.41, 5.74) is 7.00. The maximum absolute atomic E-state index is 6.05. The van der Waals surface area contributed by atoms with Crippen LogP contribution >= 0.6 is 0 Å². The molecule has 4 rings (SSSR count). The second-order valence-electron chi connectivity index (χ2n) is 6.44. The molecule has 3 aromatic rings. The molecule has 134 valence electrons. The summed E-state index contributed by atoms with van der Waals surface area (Å²) in [6.07, 6.45) is 7.57. The average molecular weight is 350 g/mol. The topological polar surface area (TPSA) is 107 Å². The van der Waals surface area contributed by atoms with Gasteiger partial charge < -0.3 is 16.4 Å². The molecule has 1 fully saturated rings. The number of nitrogens with one attached hydrogen (secondary N) is 2. The number of para-hydroxylation sites is 1. The van der Waals surface area contributed by atoms with E-state index >= 15 is 0 Å². The van der Waals surface area contributed by atoms with Crippen LogP contribution in [0.15, 0.2) is 42.7 Å². The lowest BCUT2D eigenvalue weighted by atomic mass is 9.96. The van der Waals surface area contributed by atoms with Crippen molar-refractivity contribution in [2.75, 3.05) is 16.4 Å². The van der Waals surface area contributed by atoms with Crippen LogP contribution in [0.4, 0.5) is 23.4 Å². The molecule has 1 aliphatic rings. The highest BCUT2D eigenvalue weighted by molar-refractivity contribution is 5.57. The Balaban J connectivity index is 1.52. The van der Waals surface area contributed by atoms with Crippen LogP contribution in [0.5, 0.6) is 0 Å². The maximum Gasteiger partial charge on any atom is 0.244 e. The SMILES string of the molecule is Nc1nc(NC2CCCCC2)nn1-c1cc(Nc2ccccc2)ncn1. The van der Waals surface area contributed by atoms with Crippen LogP contribution < -0.4 is 16.4 Å². The fourth-order valence-corrected chi connectivity index (χ4v) is 3.18. The third-order valence-electron chi connectivity index (χ3n) is 4.49. The van der Waals surface area contributed by atoms with E-state index in [2.05, 4.69) is 30.7 Å². The highest BCUT2D eigenvalue weighted by atomic mass is 15.4. The Labute approximate surface area is 151 Å². The number of aromatic nitrogens is 5. The van der Waals surface area contributed by atoms with Crippen molar-refractivity contribution in [2.24, 2.45) is 0 Å². The normalized spacial score (nSPS) is 14.9. The van der Waals surface area contributed by atoms with Gasteiger partial charge in [0.25, 0.3) is 0 Å². The number of hydrogen-bond acceptors (Lipinski definition) is 7. The molecule has 26 heavy (non-hydrogen) atoms. The largest absolute Gasteiger partial charge is 0.368 e. The molecule has 4 N–H and O–H groups in total. The fraction of sp³-hybridized carbons (Fsp3) is 0.333. The molecule has 2 aromatic heterocycles. The van der Waals surface area contributed by atoms with Crippen molar-refractivity contribution < 1.29 is 0 Å². The minimum Gasteiger partial charge on any atom is -0.368 e. The summed E-state index contributed by atoms with van der Waals surface area (Å²) in [4.78, 5) is 12.9. The molecule has 1 aromatic carbocycles. The summed E-state index contributed by atoms with van der Waals surface area (Å²) >= 11 is 0. The van der Waals surface area contributed by atoms with Crippen molar-refractivity contribution in [1.82, 2.24) is 24.7 Å². The Bertz CT molecular complexity index is 855. The van der Waals surface area contributed by atoms with Crippen molar-refractivity contribution in [3.8, 4) is 5.82 Å². The van der Waals surface area contributed by atoms with Gasteiger partial charge in [-0.1, -0.05) is 37.5 Å². The zero-order valence-corrected chi connectivity index (χ0v) is 14.5. The first-order valence-electron chi connectivity index (χ1n) is 8.91. The molecule has 2 heterocycles. The van der Waals surface area contributed by atoms with Gasteiger partial charge in [0, 0.05) is 17.8 Å². The Kier molecular flexibility index (Phi) is 4.63. The summed E-state index contributed by atoms with van der Waals surface area (Å²) in [7, 11) is 0. The van der Waals surface area contributed by atoms with Crippen molar-refractivity contribution in [3.05, 3.63) is 42.7 Å². The molecule has 0 spiro atoms. The predicted molar refractivity (Wildman–Crippen MR) is 102 cm³/mol. The van der Waals surface area contributed by atoms with E-state index in [4.69, 9.17) is 5.73 Å². The third-order valence-corrected chi connectivity index (χ3v) is 4.49. The monoisotopic (exact) mass is 350 g/mol. The lowest BCUT2D eigenvalue weighted by Gasteiger charge is -2.21. The number of rotatable bonds is 5. The summed E-state index contributed by atoms with van der Waals surface area (Å²) < 4.78 is 1.53. The van der Waals surface area contributed by atoms with Gasteiger partial charge in [0.15, 0.2) is 5.82 Å². The second-order valence-corrected chi connectivity index (χ2v) is 6.44. The third kappa shape index (κ3) is 3.74. The number of hydrogen-bond donors (Lipinski definition) is 3.